The van der Waals surface area contributed by atoms with Gasteiger partial charge in [0, 0.05) is 36.3 Å². The molecule has 1 aromatic heterocycles. The van der Waals surface area contributed by atoms with Crippen molar-refractivity contribution in [3.63, 3.8) is 0 Å². The summed E-state index contributed by atoms with van der Waals surface area (Å²) >= 11 is 1.38. The zero-order chi connectivity index (χ0) is 15.8. The van der Waals surface area contributed by atoms with Gasteiger partial charge in [-0.3, -0.25) is 4.79 Å². The lowest BCUT2D eigenvalue weighted by atomic mass is 10.1. The summed E-state index contributed by atoms with van der Waals surface area (Å²) in [4.78, 5) is 16.0. The summed E-state index contributed by atoms with van der Waals surface area (Å²) in [6.45, 7) is 7.35. The summed E-state index contributed by atoms with van der Waals surface area (Å²) in [6.07, 6.45) is 1.21. The molecule has 118 valence electrons. The van der Waals surface area contributed by atoms with Crippen LogP contribution in [-0.2, 0) is 15.6 Å². The van der Waals surface area contributed by atoms with Crippen molar-refractivity contribution in [2.45, 2.75) is 38.6 Å². The Hall–Kier alpha value is -0.920. The standard InChI is InChI=1S/C14H22N2O3S2/c1-9-6-16(7-10(2)15-9)14(17)13-5-12(11(3)20-13)8-21(4,18)19/h5,9-10,15H,6-8H2,1-4H3/t9-,10-/m1/s1. The Labute approximate surface area is 130 Å². The summed E-state index contributed by atoms with van der Waals surface area (Å²) in [5.74, 6) is -0.000177. The van der Waals surface area contributed by atoms with E-state index in [0.717, 1.165) is 10.4 Å². The van der Waals surface area contributed by atoms with Gasteiger partial charge in [-0.05, 0) is 32.4 Å². The Morgan fingerprint density at radius 3 is 2.48 bits per heavy atom. The molecule has 1 amide bonds. The molecule has 0 aromatic carbocycles. The zero-order valence-corrected chi connectivity index (χ0v) is 14.5. The van der Waals surface area contributed by atoms with Gasteiger partial charge in [-0.2, -0.15) is 0 Å². The monoisotopic (exact) mass is 330 g/mol. The van der Waals surface area contributed by atoms with E-state index in [1.54, 1.807) is 6.07 Å². The Bertz CT molecular complexity index is 627. The highest BCUT2D eigenvalue weighted by molar-refractivity contribution is 7.89. The molecule has 1 N–H and O–H groups in total. The molecule has 0 saturated carbocycles. The first-order chi connectivity index (χ1) is 9.65. The lowest BCUT2D eigenvalue weighted by Gasteiger charge is -2.35. The van der Waals surface area contributed by atoms with Crippen molar-refractivity contribution in [2.24, 2.45) is 0 Å². The van der Waals surface area contributed by atoms with Crippen molar-refractivity contribution in [1.82, 2.24) is 10.2 Å². The van der Waals surface area contributed by atoms with Crippen LogP contribution in [0.5, 0.6) is 0 Å². The number of nitrogens with zero attached hydrogens (tertiary/aromatic N) is 1. The van der Waals surface area contributed by atoms with E-state index in [0.29, 0.717) is 18.0 Å². The number of aryl methyl sites for hydroxylation is 1. The fourth-order valence-corrected chi connectivity index (χ4v) is 4.67. The van der Waals surface area contributed by atoms with Crippen molar-refractivity contribution in [2.75, 3.05) is 19.3 Å². The molecule has 0 unspecified atom stereocenters. The molecule has 0 radical (unpaired) electrons. The largest absolute Gasteiger partial charge is 0.335 e. The molecule has 0 spiro atoms. The Kier molecular flexibility index (Phi) is 4.75. The van der Waals surface area contributed by atoms with Gasteiger partial charge in [-0.15, -0.1) is 11.3 Å². The zero-order valence-electron chi connectivity index (χ0n) is 12.8. The third-order valence-electron chi connectivity index (χ3n) is 3.49. The number of hydrogen-bond acceptors (Lipinski definition) is 5. The fourth-order valence-electron chi connectivity index (χ4n) is 2.70. The first kappa shape index (κ1) is 16.5. The van der Waals surface area contributed by atoms with Crippen molar-refractivity contribution in [3.8, 4) is 0 Å². The summed E-state index contributed by atoms with van der Waals surface area (Å²) in [6, 6.07) is 2.28. The van der Waals surface area contributed by atoms with Gasteiger partial charge in [0.1, 0.15) is 0 Å². The van der Waals surface area contributed by atoms with E-state index in [9.17, 15) is 13.2 Å². The lowest BCUT2D eigenvalue weighted by molar-refractivity contribution is 0.0678. The average molecular weight is 330 g/mol. The van der Waals surface area contributed by atoms with E-state index in [2.05, 4.69) is 19.2 Å². The molecule has 1 aliphatic rings. The molecule has 1 aliphatic heterocycles. The molecule has 2 heterocycles. The number of nitrogens with one attached hydrogen (secondary N) is 1. The van der Waals surface area contributed by atoms with Gasteiger partial charge in [-0.1, -0.05) is 0 Å². The first-order valence-corrected chi connectivity index (χ1v) is 9.86. The Morgan fingerprint density at radius 1 is 1.38 bits per heavy atom. The number of piperazine rings is 1. The van der Waals surface area contributed by atoms with E-state index in [1.807, 2.05) is 11.8 Å². The van der Waals surface area contributed by atoms with Crippen LogP contribution in [0.2, 0.25) is 0 Å². The van der Waals surface area contributed by atoms with Crippen molar-refractivity contribution >= 4 is 27.1 Å². The molecular formula is C14H22N2O3S2. The Morgan fingerprint density at radius 2 is 1.95 bits per heavy atom. The second kappa shape index (κ2) is 6.06. The minimum absolute atomic E-state index is 0.00283. The number of thiophene rings is 1. The average Bonchev–Trinajstić information content (AvgIpc) is 2.66. The minimum Gasteiger partial charge on any atom is -0.335 e. The van der Waals surface area contributed by atoms with Gasteiger partial charge < -0.3 is 10.2 Å². The predicted molar refractivity (Wildman–Crippen MR) is 85.6 cm³/mol. The third-order valence-corrected chi connectivity index (χ3v) is 5.41. The highest BCUT2D eigenvalue weighted by Crippen LogP contribution is 2.25. The second-order valence-corrected chi connectivity index (χ2v) is 9.34. The number of carbonyl (C=O) groups excluding carboxylic acids is 1. The summed E-state index contributed by atoms with van der Waals surface area (Å²) in [5, 5.41) is 3.39. The van der Waals surface area contributed by atoms with Crippen molar-refractivity contribution < 1.29 is 13.2 Å². The molecular weight excluding hydrogens is 308 g/mol. The number of rotatable bonds is 3. The molecule has 1 saturated heterocycles. The Balaban J connectivity index is 2.18. The lowest BCUT2D eigenvalue weighted by Crippen LogP contribution is -2.55. The number of hydrogen-bond donors (Lipinski definition) is 1. The number of amides is 1. The van der Waals surface area contributed by atoms with Crippen molar-refractivity contribution in [3.05, 3.63) is 21.4 Å². The van der Waals surface area contributed by atoms with Crippen molar-refractivity contribution in [1.29, 1.82) is 0 Å². The van der Waals surface area contributed by atoms with E-state index < -0.39 is 9.84 Å². The molecule has 7 heteroatoms. The molecule has 21 heavy (non-hydrogen) atoms. The molecule has 5 nitrogen and oxygen atoms in total. The maximum absolute atomic E-state index is 12.6. The van der Waals surface area contributed by atoms with Gasteiger partial charge in [-0.25, -0.2) is 8.42 Å². The highest BCUT2D eigenvalue weighted by atomic mass is 32.2. The second-order valence-electron chi connectivity index (χ2n) is 5.94. The SMILES string of the molecule is Cc1sc(C(=O)N2C[C@@H](C)N[C@H](C)C2)cc1CS(C)(=O)=O. The summed E-state index contributed by atoms with van der Waals surface area (Å²) < 4.78 is 22.8. The van der Waals surface area contributed by atoms with Gasteiger partial charge >= 0.3 is 0 Å². The first-order valence-electron chi connectivity index (χ1n) is 6.98. The highest BCUT2D eigenvalue weighted by Gasteiger charge is 2.27. The van der Waals surface area contributed by atoms with Gasteiger partial charge in [0.05, 0.1) is 10.6 Å². The van der Waals surface area contributed by atoms with E-state index in [4.69, 9.17) is 0 Å². The van der Waals surface area contributed by atoms with Crippen LogP contribution in [-0.4, -0.2) is 50.7 Å². The van der Waals surface area contributed by atoms with Gasteiger partial charge in [0.2, 0.25) is 0 Å². The van der Waals surface area contributed by atoms with Crippen LogP contribution in [0.15, 0.2) is 6.07 Å². The molecule has 1 fully saturated rings. The van der Waals surface area contributed by atoms with E-state index in [-0.39, 0.29) is 23.7 Å². The quantitative estimate of drug-likeness (QED) is 0.910. The van der Waals surface area contributed by atoms with Crippen LogP contribution in [0.25, 0.3) is 0 Å². The maximum Gasteiger partial charge on any atom is 0.264 e. The normalized spacial score (nSPS) is 23.3. The van der Waals surface area contributed by atoms with E-state index in [1.165, 1.54) is 17.6 Å². The van der Waals surface area contributed by atoms with Gasteiger partial charge in [0.15, 0.2) is 9.84 Å². The molecule has 0 bridgehead atoms. The smallest absolute Gasteiger partial charge is 0.264 e. The molecule has 2 rings (SSSR count). The number of sulfone groups is 1. The van der Waals surface area contributed by atoms with Crippen LogP contribution < -0.4 is 5.32 Å². The van der Waals surface area contributed by atoms with Gasteiger partial charge in [0.25, 0.3) is 5.91 Å². The topological polar surface area (TPSA) is 66.5 Å². The fraction of sp³-hybridized carbons (Fsp3) is 0.643. The minimum atomic E-state index is -3.08. The van der Waals surface area contributed by atoms with Crippen LogP contribution in [0.3, 0.4) is 0 Å². The van der Waals surface area contributed by atoms with Crippen LogP contribution >= 0.6 is 11.3 Å². The predicted octanol–water partition coefficient (Wildman–Crippen LogP) is 1.42. The van der Waals surface area contributed by atoms with Crippen LogP contribution in [0.1, 0.15) is 34.0 Å². The summed E-state index contributed by atoms with van der Waals surface area (Å²) in [7, 11) is -3.08. The molecule has 2 atom stereocenters. The van der Waals surface area contributed by atoms with Crippen LogP contribution in [0, 0.1) is 6.92 Å². The summed E-state index contributed by atoms with van der Waals surface area (Å²) in [5.41, 5.74) is 0.738. The number of carbonyl (C=O) groups is 1. The van der Waals surface area contributed by atoms with E-state index >= 15 is 0 Å². The third kappa shape index (κ3) is 4.28. The maximum atomic E-state index is 12.6. The van der Waals surface area contributed by atoms with Crippen LogP contribution in [0.4, 0.5) is 0 Å². The molecule has 0 aliphatic carbocycles. The molecule has 1 aromatic rings.